The number of nitrogens with zero attached hydrogens (tertiary/aromatic N) is 1. The third-order valence-corrected chi connectivity index (χ3v) is 2.51. The lowest BCUT2D eigenvalue weighted by molar-refractivity contribution is -0.127. The van der Waals surface area contributed by atoms with Gasteiger partial charge in [-0.15, -0.1) is 0 Å². The average molecular weight is 223 g/mol. The number of carbonyl (C=O) groups is 2. The van der Waals surface area contributed by atoms with Gasteiger partial charge in [0.15, 0.2) is 0 Å². The SMILES string of the molecule is CC(C)(C#N)C(=O)NCCNC(=O)C1CC1. The topological polar surface area (TPSA) is 82.0 Å². The van der Waals surface area contributed by atoms with Crippen LogP contribution in [0, 0.1) is 22.7 Å². The van der Waals surface area contributed by atoms with Crippen LogP contribution < -0.4 is 10.6 Å². The molecule has 0 saturated heterocycles. The van der Waals surface area contributed by atoms with Crippen molar-refractivity contribution in [2.75, 3.05) is 13.1 Å². The second-order valence-electron chi connectivity index (χ2n) is 4.56. The fraction of sp³-hybridized carbons (Fsp3) is 0.727. The summed E-state index contributed by atoms with van der Waals surface area (Å²) in [5.74, 6) is -0.0595. The Morgan fingerprint density at radius 3 is 2.38 bits per heavy atom. The van der Waals surface area contributed by atoms with E-state index in [-0.39, 0.29) is 17.7 Å². The van der Waals surface area contributed by atoms with E-state index in [9.17, 15) is 9.59 Å². The number of amides is 2. The maximum absolute atomic E-state index is 11.4. The van der Waals surface area contributed by atoms with Crippen LogP contribution in [0.3, 0.4) is 0 Å². The van der Waals surface area contributed by atoms with Gasteiger partial charge in [-0.2, -0.15) is 5.26 Å². The maximum atomic E-state index is 11.4. The van der Waals surface area contributed by atoms with E-state index in [0.717, 1.165) is 12.8 Å². The average Bonchev–Trinajstić information content (AvgIpc) is 3.07. The van der Waals surface area contributed by atoms with Crippen LogP contribution in [0.4, 0.5) is 0 Å². The highest BCUT2D eigenvalue weighted by Gasteiger charge is 2.29. The first kappa shape index (κ1) is 12.5. The Labute approximate surface area is 95.2 Å². The molecule has 0 aromatic carbocycles. The molecular formula is C11H17N3O2. The zero-order valence-electron chi connectivity index (χ0n) is 9.67. The molecule has 2 amide bonds. The summed E-state index contributed by atoms with van der Waals surface area (Å²) in [6.45, 7) is 3.90. The molecule has 5 nitrogen and oxygen atoms in total. The van der Waals surface area contributed by atoms with Gasteiger partial charge in [0.1, 0.15) is 5.41 Å². The molecule has 2 N–H and O–H groups in total. The van der Waals surface area contributed by atoms with Crippen molar-refractivity contribution < 1.29 is 9.59 Å². The van der Waals surface area contributed by atoms with E-state index in [4.69, 9.17) is 5.26 Å². The summed E-state index contributed by atoms with van der Waals surface area (Å²) in [6, 6.07) is 1.92. The van der Waals surface area contributed by atoms with Crippen LogP contribution in [-0.2, 0) is 9.59 Å². The van der Waals surface area contributed by atoms with Gasteiger partial charge in [0.05, 0.1) is 6.07 Å². The molecule has 1 rings (SSSR count). The first-order chi connectivity index (χ1) is 7.47. The Hall–Kier alpha value is -1.57. The second-order valence-corrected chi connectivity index (χ2v) is 4.56. The molecule has 16 heavy (non-hydrogen) atoms. The van der Waals surface area contributed by atoms with E-state index >= 15 is 0 Å². The highest BCUT2D eigenvalue weighted by molar-refractivity contribution is 5.84. The van der Waals surface area contributed by atoms with Crippen LogP contribution in [-0.4, -0.2) is 24.9 Å². The van der Waals surface area contributed by atoms with Gasteiger partial charge in [-0.3, -0.25) is 9.59 Å². The lowest BCUT2D eigenvalue weighted by atomic mass is 9.95. The predicted molar refractivity (Wildman–Crippen MR) is 58.1 cm³/mol. The third kappa shape index (κ3) is 3.54. The Morgan fingerprint density at radius 2 is 1.88 bits per heavy atom. The van der Waals surface area contributed by atoms with Gasteiger partial charge in [0.2, 0.25) is 11.8 Å². The fourth-order valence-electron chi connectivity index (χ4n) is 1.12. The van der Waals surface area contributed by atoms with Crippen LogP contribution in [0.25, 0.3) is 0 Å². The largest absolute Gasteiger partial charge is 0.354 e. The minimum Gasteiger partial charge on any atom is -0.354 e. The third-order valence-electron chi connectivity index (χ3n) is 2.51. The van der Waals surface area contributed by atoms with Gasteiger partial charge in [-0.05, 0) is 26.7 Å². The molecular weight excluding hydrogens is 206 g/mol. The van der Waals surface area contributed by atoms with Crippen molar-refractivity contribution in [3.63, 3.8) is 0 Å². The Bertz CT molecular complexity index is 327. The van der Waals surface area contributed by atoms with E-state index in [1.54, 1.807) is 13.8 Å². The highest BCUT2D eigenvalue weighted by atomic mass is 16.2. The Balaban J connectivity index is 2.13. The molecule has 88 valence electrons. The summed E-state index contributed by atoms with van der Waals surface area (Å²) in [5, 5.41) is 14.1. The number of nitrogens with one attached hydrogen (secondary N) is 2. The molecule has 1 saturated carbocycles. The van der Waals surface area contributed by atoms with E-state index in [2.05, 4.69) is 10.6 Å². The van der Waals surface area contributed by atoms with Crippen LogP contribution in [0.1, 0.15) is 26.7 Å². The molecule has 0 heterocycles. The summed E-state index contributed by atoms with van der Waals surface area (Å²) in [5.41, 5.74) is -1.01. The molecule has 5 heteroatoms. The van der Waals surface area contributed by atoms with Crippen molar-refractivity contribution in [2.24, 2.45) is 11.3 Å². The van der Waals surface area contributed by atoms with E-state index < -0.39 is 5.41 Å². The van der Waals surface area contributed by atoms with Crippen molar-refractivity contribution in [1.29, 1.82) is 5.26 Å². The maximum Gasteiger partial charge on any atom is 0.239 e. The molecule has 0 spiro atoms. The molecule has 1 fully saturated rings. The van der Waals surface area contributed by atoms with Crippen molar-refractivity contribution in [1.82, 2.24) is 10.6 Å². The summed E-state index contributed by atoms with van der Waals surface area (Å²) in [4.78, 5) is 22.7. The number of nitriles is 1. The zero-order chi connectivity index (χ0) is 12.2. The molecule has 0 atom stereocenters. The smallest absolute Gasteiger partial charge is 0.239 e. The van der Waals surface area contributed by atoms with Crippen molar-refractivity contribution in [3.05, 3.63) is 0 Å². The molecule has 0 bridgehead atoms. The second kappa shape index (κ2) is 4.97. The van der Waals surface area contributed by atoms with E-state index in [1.807, 2.05) is 6.07 Å². The Kier molecular flexibility index (Phi) is 3.88. The molecule has 0 aromatic heterocycles. The summed E-state index contributed by atoms with van der Waals surface area (Å²) in [7, 11) is 0. The van der Waals surface area contributed by atoms with Gasteiger partial charge in [-0.25, -0.2) is 0 Å². The number of hydrogen-bond acceptors (Lipinski definition) is 3. The number of hydrogen-bond donors (Lipinski definition) is 2. The lowest BCUT2D eigenvalue weighted by Gasteiger charge is -2.14. The molecule has 0 aliphatic heterocycles. The highest BCUT2D eigenvalue weighted by Crippen LogP contribution is 2.28. The minimum atomic E-state index is -1.01. The minimum absolute atomic E-state index is 0.0637. The van der Waals surface area contributed by atoms with Crippen molar-refractivity contribution >= 4 is 11.8 Å². The number of carbonyl (C=O) groups excluding carboxylic acids is 2. The molecule has 0 unspecified atom stereocenters. The molecule has 1 aliphatic carbocycles. The van der Waals surface area contributed by atoms with Gasteiger partial charge in [0, 0.05) is 19.0 Å². The fourth-order valence-corrected chi connectivity index (χ4v) is 1.12. The predicted octanol–water partition coefficient (Wildman–Crippen LogP) is 0.179. The quantitative estimate of drug-likeness (QED) is 0.652. The van der Waals surface area contributed by atoms with Gasteiger partial charge in [-0.1, -0.05) is 0 Å². The van der Waals surface area contributed by atoms with Gasteiger partial charge < -0.3 is 10.6 Å². The monoisotopic (exact) mass is 223 g/mol. The normalized spacial score (nSPS) is 15.1. The van der Waals surface area contributed by atoms with Crippen LogP contribution in [0.15, 0.2) is 0 Å². The molecule has 0 aromatic rings. The van der Waals surface area contributed by atoms with Crippen LogP contribution in [0.5, 0.6) is 0 Å². The first-order valence-corrected chi connectivity index (χ1v) is 5.44. The van der Waals surface area contributed by atoms with Gasteiger partial charge >= 0.3 is 0 Å². The Morgan fingerprint density at radius 1 is 1.31 bits per heavy atom. The zero-order valence-corrected chi connectivity index (χ0v) is 9.67. The standard InChI is InChI=1S/C11H17N3O2/c1-11(2,7-12)10(16)14-6-5-13-9(15)8-3-4-8/h8H,3-6H2,1-2H3,(H,13,15)(H,14,16). The molecule has 1 aliphatic rings. The summed E-state index contributed by atoms with van der Waals surface area (Å²) < 4.78 is 0. The van der Waals surface area contributed by atoms with Crippen LogP contribution in [0.2, 0.25) is 0 Å². The first-order valence-electron chi connectivity index (χ1n) is 5.44. The van der Waals surface area contributed by atoms with E-state index in [1.165, 1.54) is 0 Å². The van der Waals surface area contributed by atoms with E-state index in [0.29, 0.717) is 13.1 Å². The summed E-state index contributed by atoms with van der Waals surface area (Å²) in [6.07, 6.45) is 1.94. The van der Waals surface area contributed by atoms with Gasteiger partial charge in [0.25, 0.3) is 0 Å². The lowest BCUT2D eigenvalue weighted by Crippen LogP contribution is -2.40. The van der Waals surface area contributed by atoms with Crippen molar-refractivity contribution in [3.8, 4) is 6.07 Å². The number of rotatable bonds is 5. The van der Waals surface area contributed by atoms with Crippen molar-refractivity contribution in [2.45, 2.75) is 26.7 Å². The van der Waals surface area contributed by atoms with Crippen LogP contribution >= 0.6 is 0 Å². The summed E-state index contributed by atoms with van der Waals surface area (Å²) >= 11 is 0. The molecule has 0 radical (unpaired) electrons.